The predicted octanol–water partition coefficient (Wildman–Crippen LogP) is 3.20. The largest absolute Gasteiger partial charge is 2.00 e. The summed E-state index contributed by atoms with van der Waals surface area (Å²) in [6.07, 6.45) is 1.63. The molecule has 0 aliphatic carbocycles. The third-order valence-corrected chi connectivity index (χ3v) is 2.90. The average molecular weight is 356 g/mol. The van der Waals surface area contributed by atoms with Crippen molar-refractivity contribution in [2.75, 3.05) is 0 Å². The van der Waals surface area contributed by atoms with Gasteiger partial charge in [-0.05, 0) is 40.8 Å². The van der Waals surface area contributed by atoms with E-state index >= 15 is 0 Å². The first-order valence-electron chi connectivity index (χ1n) is 3.62. The molecule has 0 atom stereocenters. The molecule has 0 amide bonds. The van der Waals surface area contributed by atoms with Gasteiger partial charge in [-0.25, -0.2) is 0 Å². The van der Waals surface area contributed by atoms with Crippen LogP contribution in [0.2, 0.25) is 5.02 Å². The van der Waals surface area contributed by atoms with E-state index in [1.807, 2.05) is 28.7 Å². The second-order valence-corrected chi connectivity index (χ2v) is 4.16. The molecule has 0 unspecified atom stereocenters. The molecule has 1 radical (unpaired) electrons. The zero-order valence-corrected chi connectivity index (χ0v) is 10.9. The Bertz CT molecular complexity index is 478. The molecule has 0 saturated heterocycles. The average Bonchev–Trinajstić information content (AvgIpc) is 2.15. The van der Waals surface area contributed by atoms with Crippen LogP contribution < -0.4 is 0 Å². The van der Waals surface area contributed by atoms with E-state index in [4.69, 9.17) is 11.6 Å². The molecule has 1 aromatic heterocycles. The maximum Gasteiger partial charge on any atom is 2.00 e. The molecule has 0 fully saturated rings. The molecule has 0 saturated carbocycles. The maximum absolute atomic E-state index is 9.65. The molecule has 1 heterocycles. The Morgan fingerprint density at radius 2 is 2.14 bits per heavy atom. The van der Waals surface area contributed by atoms with Gasteiger partial charge in [0.1, 0.15) is 5.52 Å². The molecule has 0 aliphatic heterocycles. The second kappa shape index (κ2) is 4.66. The van der Waals surface area contributed by atoms with Crippen LogP contribution in [0.25, 0.3) is 10.9 Å². The number of nitrogens with zero attached hydrogens (tertiary/aromatic N) is 1. The molecule has 1 N–H and O–H groups in total. The van der Waals surface area contributed by atoms with Crippen LogP contribution >= 0.6 is 34.2 Å². The van der Waals surface area contributed by atoms with Crippen molar-refractivity contribution in [3.05, 3.63) is 33.0 Å². The minimum atomic E-state index is 0. The predicted molar refractivity (Wildman–Crippen MR) is 61.1 cm³/mol. The smallest absolute Gasteiger partial charge is 0.505 e. The first-order chi connectivity index (χ1) is 6.20. The minimum Gasteiger partial charge on any atom is -0.505 e. The molecule has 14 heavy (non-hydrogen) atoms. The van der Waals surface area contributed by atoms with Gasteiger partial charge in [0.25, 0.3) is 0 Å². The molecule has 5 heteroatoms. The first-order valence-corrected chi connectivity index (χ1v) is 5.07. The van der Waals surface area contributed by atoms with Crippen molar-refractivity contribution < 1.29 is 22.2 Å². The van der Waals surface area contributed by atoms with Crippen LogP contribution in [0.5, 0.6) is 5.75 Å². The number of hydrogen-bond acceptors (Lipinski definition) is 2. The fraction of sp³-hybridized carbons (Fsp3) is 0. The van der Waals surface area contributed by atoms with Crippen molar-refractivity contribution in [1.29, 1.82) is 0 Å². The van der Waals surface area contributed by atoms with E-state index in [0.717, 1.165) is 5.39 Å². The topological polar surface area (TPSA) is 33.1 Å². The van der Waals surface area contributed by atoms with Gasteiger partial charge in [0.15, 0.2) is 5.75 Å². The van der Waals surface area contributed by atoms with Crippen LogP contribution in [0.4, 0.5) is 0 Å². The number of rotatable bonds is 0. The summed E-state index contributed by atoms with van der Waals surface area (Å²) in [7, 11) is 0. The molecular formula is C9H5ClIMnNO+2. The van der Waals surface area contributed by atoms with Gasteiger partial charge in [-0.1, -0.05) is 11.6 Å². The van der Waals surface area contributed by atoms with Gasteiger partial charge < -0.3 is 5.11 Å². The second-order valence-electron chi connectivity index (χ2n) is 2.59. The number of phenols is 1. The monoisotopic (exact) mass is 356 g/mol. The van der Waals surface area contributed by atoms with Gasteiger partial charge in [0.2, 0.25) is 0 Å². The van der Waals surface area contributed by atoms with Crippen molar-refractivity contribution in [2.24, 2.45) is 0 Å². The molecule has 0 bridgehead atoms. The third kappa shape index (κ3) is 1.98. The summed E-state index contributed by atoms with van der Waals surface area (Å²) in [5, 5.41) is 11.0. The van der Waals surface area contributed by atoms with Crippen molar-refractivity contribution in [3.8, 4) is 5.75 Å². The van der Waals surface area contributed by atoms with E-state index in [2.05, 4.69) is 4.98 Å². The number of halogens is 2. The van der Waals surface area contributed by atoms with Crippen LogP contribution in [-0.2, 0) is 17.1 Å². The zero-order chi connectivity index (χ0) is 9.42. The quantitative estimate of drug-likeness (QED) is 0.581. The Kier molecular flexibility index (Phi) is 4.01. The molecule has 2 nitrogen and oxygen atoms in total. The maximum atomic E-state index is 9.65. The fourth-order valence-electron chi connectivity index (χ4n) is 1.16. The Morgan fingerprint density at radius 1 is 1.43 bits per heavy atom. The zero-order valence-electron chi connectivity index (χ0n) is 6.84. The summed E-state index contributed by atoms with van der Waals surface area (Å²) in [6.45, 7) is 0. The van der Waals surface area contributed by atoms with Crippen molar-refractivity contribution >= 4 is 45.1 Å². The van der Waals surface area contributed by atoms with E-state index < -0.39 is 0 Å². The summed E-state index contributed by atoms with van der Waals surface area (Å²) in [5.74, 6) is 0.195. The number of aromatic hydroxyl groups is 1. The van der Waals surface area contributed by atoms with Gasteiger partial charge >= 0.3 is 17.1 Å². The van der Waals surface area contributed by atoms with Gasteiger partial charge in [-0.3, -0.25) is 4.98 Å². The molecule has 2 rings (SSSR count). The van der Waals surface area contributed by atoms with E-state index in [1.165, 1.54) is 0 Å². The normalized spacial score (nSPS) is 9.86. The fourth-order valence-corrected chi connectivity index (χ4v) is 2.17. The third-order valence-electron chi connectivity index (χ3n) is 1.77. The van der Waals surface area contributed by atoms with Crippen LogP contribution in [0, 0.1) is 3.57 Å². The van der Waals surface area contributed by atoms with Gasteiger partial charge in [0, 0.05) is 11.6 Å². The number of aromatic nitrogens is 1. The Balaban J connectivity index is 0.000000980. The standard InChI is InChI=1S/C9H5ClINO.Mn/c10-6-4-7(11)9(13)8-5(6)2-1-3-12-8;/h1-4,13H;/q;+2/i11-4;. The molecule has 71 valence electrons. The van der Waals surface area contributed by atoms with Crippen molar-refractivity contribution in [1.82, 2.24) is 4.98 Å². The number of hydrogen-bond donors (Lipinski definition) is 1. The number of fused-ring (bicyclic) bond motifs is 1. The molecule has 1 aromatic carbocycles. The Hall–Kier alpha value is -0.0305. The van der Waals surface area contributed by atoms with E-state index in [-0.39, 0.29) is 22.8 Å². The molecular weight excluding hydrogens is 351 g/mol. The first kappa shape index (κ1) is 12.0. The van der Waals surface area contributed by atoms with Crippen LogP contribution in [0.15, 0.2) is 24.4 Å². The summed E-state index contributed by atoms with van der Waals surface area (Å²) in [4.78, 5) is 4.06. The van der Waals surface area contributed by atoms with Crippen molar-refractivity contribution in [2.45, 2.75) is 0 Å². The van der Waals surface area contributed by atoms with Gasteiger partial charge in [-0.15, -0.1) is 0 Å². The van der Waals surface area contributed by atoms with Crippen molar-refractivity contribution in [3.63, 3.8) is 0 Å². The Morgan fingerprint density at radius 3 is 2.86 bits per heavy atom. The van der Waals surface area contributed by atoms with Crippen LogP contribution in [-0.4, -0.2) is 10.1 Å². The van der Waals surface area contributed by atoms with E-state index in [0.29, 0.717) is 14.1 Å². The summed E-state index contributed by atoms with van der Waals surface area (Å²) >= 11 is 8.00. The van der Waals surface area contributed by atoms with E-state index in [9.17, 15) is 5.11 Å². The number of pyridine rings is 1. The number of phenolic OH excluding ortho intramolecular Hbond substituents is 1. The van der Waals surface area contributed by atoms with Crippen LogP contribution in [0.1, 0.15) is 0 Å². The molecule has 0 aliphatic rings. The number of benzene rings is 1. The van der Waals surface area contributed by atoms with Gasteiger partial charge in [0.05, 0.1) is 8.59 Å². The summed E-state index contributed by atoms with van der Waals surface area (Å²) < 4.78 is 0.716. The SMILES string of the molecule is Oc1c([123I])cc(Cl)c2cccnc12.[Mn+2]. The Labute approximate surface area is 110 Å². The summed E-state index contributed by atoms with van der Waals surface area (Å²) in [6, 6.07) is 5.35. The molecule has 2 aromatic rings. The van der Waals surface area contributed by atoms with E-state index in [1.54, 1.807) is 18.3 Å². The molecule has 0 spiro atoms. The van der Waals surface area contributed by atoms with Crippen LogP contribution in [0.3, 0.4) is 0 Å². The van der Waals surface area contributed by atoms with Gasteiger partial charge in [-0.2, -0.15) is 0 Å². The minimum absolute atomic E-state index is 0. The summed E-state index contributed by atoms with van der Waals surface area (Å²) in [5.41, 5.74) is 0.555.